The van der Waals surface area contributed by atoms with Crippen LogP contribution in [0.25, 0.3) is 5.70 Å². The van der Waals surface area contributed by atoms with Crippen molar-refractivity contribution in [2.75, 3.05) is 6.54 Å². The minimum absolute atomic E-state index is 0.217. The van der Waals surface area contributed by atoms with Gasteiger partial charge in [-0.15, -0.1) is 0 Å². The number of carbonyl (C=O) groups excluding carboxylic acids is 2. The molecule has 0 radical (unpaired) electrons. The first-order valence-corrected chi connectivity index (χ1v) is 7.37. The van der Waals surface area contributed by atoms with Crippen LogP contribution in [0.2, 0.25) is 5.02 Å². The highest BCUT2D eigenvalue weighted by molar-refractivity contribution is 6.30. The lowest BCUT2D eigenvalue weighted by molar-refractivity contribution is -0.120. The summed E-state index contributed by atoms with van der Waals surface area (Å²) in [5.41, 5.74) is 6.42. The van der Waals surface area contributed by atoms with Crippen LogP contribution in [0.4, 0.5) is 4.39 Å². The second kappa shape index (κ2) is 8.12. The van der Waals surface area contributed by atoms with Crippen LogP contribution in [0.3, 0.4) is 0 Å². The molecular weight excluding hydrogens is 333 g/mol. The van der Waals surface area contributed by atoms with Crippen LogP contribution >= 0.6 is 11.6 Å². The van der Waals surface area contributed by atoms with Crippen molar-refractivity contribution in [1.82, 2.24) is 16.2 Å². The summed E-state index contributed by atoms with van der Waals surface area (Å²) >= 11 is 5.74. The zero-order chi connectivity index (χ0) is 17.5. The van der Waals surface area contributed by atoms with Gasteiger partial charge in [-0.3, -0.25) is 20.4 Å². The Labute approximate surface area is 143 Å². The molecule has 3 N–H and O–H groups in total. The first-order chi connectivity index (χ1) is 11.5. The highest BCUT2D eigenvalue weighted by Crippen LogP contribution is 2.10. The number of rotatable bonds is 6. The highest BCUT2D eigenvalue weighted by atomic mass is 35.5. The van der Waals surface area contributed by atoms with Crippen molar-refractivity contribution in [3.63, 3.8) is 0 Å². The lowest BCUT2D eigenvalue weighted by Crippen LogP contribution is -2.42. The third-order valence-electron chi connectivity index (χ3n) is 3.06. The van der Waals surface area contributed by atoms with Crippen LogP contribution in [0.15, 0.2) is 55.1 Å². The van der Waals surface area contributed by atoms with Gasteiger partial charge in [-0.1, -0.05) is 18.2 Å². The van der Waals surface area contributed by atoms with Gasteiger partial charge in [-0.05, 0) is 54.1 Å². The summed E-state index contributed by atoms with van der Waals surface area (Å²) in [5.74, 6) is -1.21. The SMILES string of the molecule is C=C(NNC(=O)CNC(=O)c1ccc(Cl)cc1)c1ccc(F)cc1. The Kier molecular flexibility index (Phi) is 5.92. The van der Waals surface area contributed by atoms with E-state index in [9.17, 15) is 14.0 Å². The van der Waals surface area contributed by atoms with E-state index in [1.54, 1.807) is 24.3 Å². The average Bonchev–Trinajstić information content (AvgIpc) is 2.58. The predicted octanol–water partition coefficient (Wildman–Crippen LogP) is 2.50. The number of hydrogen-bond donors (Lipinski definition) is 3. The van der Waals surface area contributed by atoms with Gasteiger partial charge in [0.05, 0.1) is 12.2 Å². The van der Waals surface area contributed by atoms with Gasteiger partial charge in [0.2, 0.25) is 0 Å². The molecule has 2 amide bonds. The van der Waals surface area contributed by atoms with Crippen LogP contribution in [0.1, 0.15) is 15.9 Å². The Morgan fingerprint density at radius 2 is 1.54 bits per heavy atom. The van der Waals surface area contributed by atoms with Crippen molar-refractivity contribution < 1.29 is 14.0 Å². The van der Waals surface area contributed by atoms with E-state index in [0.717, 1.165) is 0 Å². The molecule has 0 unspecified atom stereocenters. The normalized spacial score (nSPS) is 9.92. The van der Waals surface area contributed by atoms with Crippen molar-refractivity contribution in [2.24, 2.45) is 0 Å². The molecule has 0 saturated heterocycles. The molecule has 5 nitrogen and oxygen atoms in total. The Morgan fingerprint density at radius 1 is 0.958 bits per heavy atom. The molecule has 0 spiro atoms. The van der Waals surface area contributed by atoms with Crippen LogP contribution in [-0.2, 0) is 4.79 Å². The molecule has 2 rings (SSSR count). The fraction of sp³-hybridized carbons (Fsp3) is 0.0588. The van der Waals surface area contributed by atoms with Gasteiger partial charge in [0.15, 0.2) is 0 Å². The summed E-state index contributed by atoms with van der Waals surface area (Å²) < 4.78 is 12.8. The maximum absolute atomic E-state index is 12.8. The fourth-order valence-electron chi connectivity index (χ4n) is 1.78. The van der Waals surface area contributed by atoms with E-state index in [-0.39, 0.29) is 18.3 Å². The zero-order valence-corrected chi connectivity index (χ0v) is 13.4. The van der Waals surface area contributed by atoms with Gasteiger partial charge >= 0.3 is 0 Å². The standard InChI is InChI=1S/C17H15ClFN3O2/c1-11(12-4-8-15(19)9-5-12)21-22-16(23)10-20-17(24)13-2-6-14(18)7-3-13/h2-9,21H,1,10H2,(H,20,24)(H,22,23). The molecule has 0 aliphatic rings. The van der Waals surface area contributed by atoms with Gasteiger partial charge in [0.25, 0.3) is 11.8 Å². The monoisotopic (exact) mass is 347 g/mol. The molecule has 0 saturated carbocycles. The Bertz CT molecular complexity index is 682. The summed E-state index contributed by atoms with van der Waals surface area (Å²) in [6.07, 6.45) is 0. The third-order valence-corrected chi connectivity index (χ3v) is 3.31. The minimum atomic E-state index is -0.458. The Hall–Kier alpha value is -2.86. The second-order valence-electron chi connectivity index (χ2n) is 4.85. The molecule has 0 fully saturated rings. The van der Waals surface area contributed by atoms with E-state index in [1.165, 1.54) is 24.3 Å². The first-order valence-electron chi connectivity index (χ1n) is 6.99. The van der Waals surface area contributed by atoms with Crippen LogP contribution in [0.5, 0.6) is 0 Å². The average molecular weight is 348 g/mol. The van der Waals surface area contributed by atoms with Crippen molar-refractivity contribution in [2.45, 2.75) is 0 Å². The molecule has 124 valence electrons. The largest absolute Gasteiger partial charge is 0.343 e. The number of nitrogens with one attached hydrogen (secondary N) is 3. The minimum Gasteiger partial charge on any atom is -0.343 e. The Balaban J connectivity index is 1.77. The topological polar surface area (TPSA) is 70.2 Å². The van der Waals surface area contributed by atoms with E-state index in [1.807, 2.05) is 0 Å². The quantitative estimate of drug-likeness (QED) is 0.703. The molecule has 0 aliphatic heterocycles. The molecular formula is C17H15ClFN3O2. The van der Waals surface area contributed by atoms with E-state index in [0.29, 0.717) is 21.8 Å². The maximum Gasteiger partial charge on any atom is 0.257 e. The van der Waals surface area contributed by atoms with Crippen molar-refractivity contribution in [1.29, 1.82) is 0 Å². The number of hydrazine groups is 1. The molecule has 0 heterocycles. The van der Waals surface area contributed by atoms with Gasteiger partial charge in [-0.2, -0.15) is 0 Å². The van der Waals surface area contributed by atoms with Crippen LogP contribution in [-0.4, -0.2) is 18.4 Å². The number of benzene rings is 2. The molecule has 2 aromatic rings. The molecule has 7 heteroatoms. The summed E-state index contributed by atoms with van der Waals surface area (Å²) in [5, 5.41) is 3.00. The summed E-state index contributed by atoms with van der Waals surface area (Å²) in [4.78, 5) is 23.6. The van der Waals surface area contributed by atoms with Crippen molar-refractivity contribution >= 4 is 29.1 Å². The fourth-order valence-corrected chi connectivity index (χ4v) is 1.90. The summed E-state index contributed by atoms with van der Waals surface area (Å²) in [7, 11) is 0. The number of amides is 2. The molecule has 2 aromatic carbocycles. The summed E-state index contributed by atoms with van der Waals surface area (Å²) in [6, 6.07) is 11.9. The molecule has 0 bridgehead atoms. The predicted molar refractivity (Wildman–Crippen MR) is 90.5 cm³/mol. The highest BCUT2D eigenvalue weighted by Gasteiger charge is 2.08. The zero-order valence-electron chi connectivity index (χ0n) is 12.6. The number of halogens is 2. The molecule has 0 atom stereocenters. The second-order valence-corrected chi connectivity index (χ2v) is 5.28. The lowest BCUT2D eigenvalue weighted by atomic mass is 10.2. The molecule has 24 heavy (non-hydrogen) atoms. The summed E-state index contributed by atoms with van der Waals surface area (Å²) in [6.45, 7) is 3.51. The first kappa shape index (κ1) is 17.5. The smallest absolute Gasteiger partial charge is 0.257 e. The van der Waals surface area contributed by atoms with E-state index in [2.05, 4.69) is 22.7 Å². The van der Waals surface area contributed by atoms with Gasteiger partial charge < -0.3 is 5.32 Å². The maximum atomic E-state index is 12.8. The van der Waals surface area contributed by atoms with Crippen molar-refractivity contribution in [3.05, 3.63) is 77.1 Å². The molecule has 0 aromatic heterocycles. The van der Waals surface area contributed by atoms with Crippen LogP contribution < -0.4 is 16.2 Å². The Morgan fingerprint density at radius 3 is 2.17 bits per heavy atom. The number of hydrogen-bond acceptors (Lipinski definition) is 3. The molecule has 0 aliphatic carbocycles. The lowest BCUT2D eigenvalue weighted by Gasteiger charge is -2.11. The third kappa shape index (κ3) is 5.10. The van der Waals surface area contributed by atoms with Gasteiger partial charge in [-0.25, -0.2) is 4.39 Å². The van der Waals surface area contributed by atoms with Crippen molar-refractivity contribution in [3.8, 4) is 0 Å². The van der Waals surface area contributed by atoms with Gasteiger partial charge in [0, 0.05) is 10.6 Å². The van der Waals surface area contributed by atoms with Crippen LogP contribution in [0, 0.1) is 5.82 Å². The van der Waals surface area contributed by atoms with Gasteiger partial charge in [0.1, 0.15) is 5.82 Å². The van der Waals surface area contributed by atoms with E-state index in [4.69, 9.17) is 11.6 Å². The van der Waals surface area contributed by atoms with E-state index >= 15 is 0 Å². The van der Waals surface area contributed by atoms with E-state index < -0.39 is 5.91 Å². The number of carbonyl (C=O) groups is 2.